The van der Waals surface area contributed by atoms with Gasteiger partial charge in [0.1, 0.15) is 11.5 Å². The number of nitrogens with one attached hydrogen (secondary N) is 1. The third-order valence-electron chi connectivity index (χ3n) is 4.80. The van der Waals surface area contributed by atoms with Crippen LogP contribution in [0.15, 0.2) is 30.6 Å². The lowest BCUT2D eigenvalue weighted by molar-refractivity contribution is -0.143. The van der Waals surface area contributed by atoms with Gasteiger partial charge >= 0.3 is 12.4 Å². The molecule has 1 aromatic carbocycles. The molecule has 0 aliphatic carbocycles. The van der Waals surface area contributed by atoms with Gasteiger partial charge in [0.25, 0.3) is 11.8 Å². The van der Waals surface area contributed by atoms with Crippen molar-refractivity contribution >= 4 is 11.8 Å². The number of aryl methyl sites for hydroxylation is 1. The zero-order valence-corrected chi connectivity index (χ0v) is 19.2. The van der Waals surface area contributed by atoms with E-state index in [9.17, 15) is 35.9 Å². The number of carbonyl (C=O) groups excluding carboxylic acids is 2. The molecular formula is C21H19F6N7O2. The second kappa shape index (κ2) is 9.54. The number of rotatable bonds is 5. The molecule has 192 valence electrons. The van der Waals surface area contributed by atoms with E-state index in [1.54, 1.807) is 0 Å². The summed E-state index contributed by atoms with van der Waals surface area (Å²) < 4.78 is 80.0. The molecule has 0 fully saturated rings. The van der Waals surface area contributed by atoms with Crippen LogP contribution in [0, 0.1) is 6.92 Å². The van der Waals surface area contributed by atoms with E-state index < -0.39 is 46.9 Å². The second-order valence-corrected chi connectivity index (χ2v) is 7.88. The Hall–Kier alpha value is -4.04. The number of nitrogens with zero attached hydrogens (tertiary/aromatic N) is 6. The van der Waals surface area contributed by atoms with Crippen molar-refractivity contribution in [3.05, 3.63) is 64.6 Å². The molecule has 0 radical (unpaired) electrons. The Morgan fingerprint density at radius 1 is 0.972 bits per heavy atom. The molecule has 2 aromatic heterocycles. The number of halogens is 6. The molecule has 3 aromatic rings. The molecule has 0 saturated heterocycles. The van der Waals surface area contributed by atoms with E-state index in [0.717, 1.165) is 0 Å². The highest BCUT2D eigenvalue weighted by molar-refractivity contribution is 5.95. The third kappa shape index (κ3) is 5.78. The van der Waals surface area contributed by atoms with Gasteiger partial charge in [-0.25, -0.2) is 15.0 Å². The van der Waals surface area contributed by atoms with Gasteiger partial charge in [0.15, 0.2) is 11.6 Å². The maximum absolute atomic E-state index is 13.1. The van der Waals surface area contributed by atoms with Crippen LogP contribution in [-0.2, 0) is 12.4 Å². The fourth-order valence-corrected chi connectivity index (χ4v) is 3.08. The molecule has 1 atom stereocenters. The van der Waals surface area contributed by atoms with Crippen molar-refractivity contribution in [3.63, 3.8) is 0 Å². The molecule has 0 aliphatic heterocycles. The van der Waals surface area contributed by atoms with Crippen molar-refractivity contribution < 1.29 is 35.9 Å². The number of aromatic nitrogens is 5. The first-order valence-electron chi connectivity index (χ1n) is 10.2. The fourth-order valence-electron chi connectivity index (χ4n) is 3.08. The zero-order valence-electron chi connectivity index (χ0n) is 19.2. The molecule has 2 amide bonds. The molecule has 0 bridgehead atoms. The molecule has 0 saturated carbocycles. The van der Waals surface area contributed by atoms with Crippen LogP contribution < -0.4 is 5.32 Å². The Morgan fingerprint density at radius 2 is 1.56 bits per heavy atom. The van der Waals surface area contributed by atoms with E-state index >= 15 is 0 Å². The molecule has 0 unspecified atom stereocenters. The standard InChI is InChI=1S/C21H19F6N7O2/c1-10(30-18(35)12-5-13(20(22,23)24)7-14(6-12)21(25,26)27)17-31-11(2)32-34(17)16-9-28-15(8-29-16)19(36)33(3)4/h5-10H,1-4H3,(H,30,35)/t10-/m0/s1. The first-order valence-corrected chi connectivity index (χ1v) is 10.2. The zero-order chi connectivity index (χ0) is 27.0. The number of hydrogen-bond donors (Lipinski definition) is 1. The van der Waals surface area contributed by atoms with Crippen LogP contribution in [0.1, 0.15) is 56.6 Å². The van der Waals surface area contributed by atoms with Gasteiger partial charge in [0.05, 0.1) is 29.6 Å². The van der Waals surface area contributed by atoms with E-state index in [1.165, 1.54) is 49.9 Å². The number of carbonyl (C=O) groups is 2. The highest BCUT2D eigenvalue weighted by atomic mass is 19.4. The van der Waals surface area contributed by atoms with Crippen molar-refractivity contribution in [2.45, 2.75) is 32.2 Å². The smallest absolute Gasteiger partial charge is 0.343 e. The van der Waals surface area contributed by atoms with Crippen molar-refractivity contribution in [1.82, 2.24) is 34.9 Å². The average Bonchev–Trinajstić information content (AvgIpc) is 3.19. The topological polar surface area (TPSA) is 106 Å². The van der Waals surface area contributed by atoms with Gasteiger partial charge in [0.2, 0.25) is 0 Å². The molecule has 2 heterocycles. The maximum Gasteiger partial charge on any atom is 0.416 e. The maximum atomic E-state index is 13.1. The Labute approximate surface area is 200 Å². The normalized spacial score (nSPS) is 12.8. The van der Waals surface area contributed by atoms with E-state index in [4.69, 9.17) is 0 Å². The molecule has 9 nitrogen and oxygen atoms in total. The lowest BCUT2D eigenvalue weighted by Crippen LogP contribution is -2.29. The van der Waals surface area contributed by atoms with Crippen molar-refractivity contribution in [1.29, 1.82) is 0 Å². The molecular weight excluding hydrogens is 496 g/mol. The lowest BCUT2D eigenvalue weighted by Gasteiger charge is -2.17. The van der Waals surface area contributed by atoms with Crippen LogP contribution in [0.3, 0.4) is 0 Å². The molecule has 0 aliphatic rings. The first kappa shape index (κ1) is 26.6. The minimum absolute atomic E-state index is 0.0495. The molecule has 0 spiro atoms. The predicted octanol–water partition coefficient (Wildman–Crippen LogP) is 3.60. The van der Waals surface area contributed by atoms with Crippen LogP contribution in [-0.4, -0.2) is 55.5 Å². The Morgan fingerprint density at radius 3 is 2.03 bits per heavy atom. The minimum atomic E-state index is -5.10. The first-order chi connectivity index (χ1) is 16.6. The lowest BCUT2D eigenvalue weighted by atomic mass is 10.0. The van der Waals surface area contributed by atoms with Gasteiger partial charge in [-0.15, -0.1) is 5.10 Å². The van der Waals surface area contributed by atoms with Crippen molar-refractivity contribution in [2.75, 3.05) is 14.1 Å². The summed E-state index contributed by atoms with van der Waals surface area (Å²) in [6.45, 7) is 2.93. The Balaban J connectivity index is 1.91. The fraction of sp³-hybridized carbons (Fsp3) is 0.333. The summed E-state index contributed by atoms with van der Waals surface area (Å²) in [5.74, 6) is -1.17. The summed E-state index contributed by atoms with van der Waals surface area (Å²) in [7, 11) is 3.06. The van der Waals surface area contributed by atoms with Crippen LogP contribution in [0.2, 0.25) is 0 Å². The van der Waals surface area contributed by atoms with Gasteiger partial charge in [0, 0.05) is 19.7 Å². The number of benzene rings is 1. The van der Waals surface area contributed by atoms with Crippen molar-refractivity contribution in [2.24, 2.45) is 0 Å². The quantitative estimate of drug-likeness (QED) is 0.521. The summed E-state index contributed by atoms with van der Waals surface area (Å²) in [5, 5.41) is 6.48. The van der Waals surface area contributed by atoms with Gasteiger partial charge in [-0.05, 0) is 32.0 Å². The van der Waals surface area contributed by atoms with Crippen LogP contribution >= 0.6 is 0 Å². The van der Waals surface area contributed by atoms with Crippen LogP contribution in [0.5, 0.6) is 0 Å². The third-order valence-corrected chi connectivity index (χ3v) is 4.80. The van der Waals surface area contributed by atoms with E-state index in [0.29, 0.717) is 12.1 Å². The number of hydrogen-bond acceptors (Lipinski definition) is 6. The molecule has 36 heavy (non-hydrogen) atoms. The van der Waals surface area contributed by atoms with E-state index in [2.05, 4.69) is 25.4 Å². The van der Waals surface area contributed by atoms with Gasteiger partial charge in [-0.2, -0.15) is 31.0 Å². The van der Waals surface area contributed by atoms with Gasteiger partial charge in [-0.1, -0.05) is 0 Å². The van der Waals surface area contributed by atoms with E-state index in [1.807, 2.05) is 0 Å². The van der Waals surface area contributed by atoms with Crippen molar-refractivity contribution in [3.8, 4) is 5.82 Å². The van der Waals surface area contributed by atoms with Gasteiger partial charge in [-0.3, -0.25) is 9.59 Å². The summed E-state index contributed by atoms with van der Waals surface area (Å²) in [4.78, 5) is 38.2. The predicted molar refractivity (Wildman–Crippen MR) is 112 cm³/mol. The van der Waals surface area contributed by atoms with Crippen LogP contribution in [0.25, 0.3) is 5.82 Å². The molecule has 1 N–H and O–H groups in total. The summed E-state index contributed by atoms with van der Waals surface area (Å²) >= 11 is 0. The molecule has 15 heteroatoms. The van der Waals surface area contributed by atoms with E-state index in [-0.39, 0.29) is 29.2 Å². The Bertz CT molecular complexity index is 1250. The second-order valence-electron chi connectivity index (χ2n) is 7.88. The summed E-state index contributed by atoms with van der Waals surface area (Å²) in [6, 6.07) is -0.422. The number of amides is 2. The summed E-state index contributed by atoms with van der Waals surface area (Å²) in [6.07, 6.45) is -7.77. The van der Waals surface area contributed by atoms with Crippen LogP contribution in [0.4, 0.5) is 26.3 Å². The Kier molecular flexibility index (Phi) is 7.04. The monoisotopic (exact) mass is 515 g/mol. The average molecular weight is 515 g/mol. The molecule has 3 rings (SSSR count). The number of alkyl halides is 6. The highest BCUT2D eigenvalue weighted by Crippen LogP contribution is 2.36. The minimum Gasteiger partial charge on any atom is -0.343 e. The summed E-state index contributed by atoms with van der Waals surface area (Å²) in [5.41, 5.74) is -4.01. The highest BCUT2D eigenvalue weighted by Gasteiger charge is 2.37. The SMILES string of the molecule is Cc1nc([C@H](C)NC(=O)c2cc(C(F)(F)F)cc(C(F)(F)F)c2)n(-c2cnc(C(=O)N(C)C)cn2)n1. The largest absolute Gasteiger partial charge is 0.416 e. The van der Waals surface area contributed by atoms with Gasteiger partial charge < -0.3 is 10.2 Å².